The molecule has 0 aromatic rings. The molecular weight excluding hydrogens is 176 g/mol. The smallest absolute Gasteiger partial charge is 0.161 e. The highest BCUT2D eigenvalue weighted by Gasteiger charge is 2.35. The van der Waals surface area contributed by atoms with Crippen molar-refractivity contribution in [3.8, 4) is 0 Å². The normalized spacial score (nSPS) is 18.1. The van der Waals surface area contributed by atoms with Gasteiger partial charge >= 0.3 is 0 Å². The summed E-state index contributed by atoms with van der Waals surface area (Å²) in [6, 6.07) is 0. The molecule has 1 rings (SSSR count). The molecule has 0 aromatic carbocycles. The molecular formula is C12H22O2. The number of hydrogen-bond donors (Lipinski definition) is 0. The minimum absolute atomic E-state index is 0.0724. The van der Waals surface area contributed by atoms with E-state index in [-0.39, 0.29) is 6.10 Å². The van der Waals surface area contributed by atoms with Crippen molar-refractivity contribution >= 4 is 5.78 Å². The number of carbonyl (C=O) groups excluding carboxylic acids is 1. The van der Waals surface area contributed by atoms with Gasteiger partial charge in [0, 0.05) is 13.0 Å². The van der Waals surface area contributed by atoms with Gasteiger partial charge in [0.05, 0.1) is 0 Å². The molecule has 0 spiro atoms. The van der Waals surface area contributed by atoms with Gasteiger partial charge in [-0.3, -0.25) is 4.79 Å². The van der Waals surface area contributed by atoms with Crippen LogP contribution >= 0.6 is 0 Å². The van der Waals surface area contributed by atoms with Crippen LogP contribution in [0, 0.1) is 5.92 Å². The highest BCUT2D eigenvalue weighted by atomic mass is 16.5. The summed E-state index contributed by atoms with van der Waals surface area (Å²) in [5.74, 6) is 0.881. The molecule has 14 heavy (non-hydrogen) atoms. The highest BCUT2D eigenvalue weighted by molar-refractivity contribution is 5.83. The van der Waals surface area contributed by atoms with E-state index in [0.717, 1.165) is 19.3 Å². The zero-order chi connectivity index (χ0) is 10.4. The number of rotatable bonds is 8. The zero-order valence-corrected chi connectivity index (χ0v) is 9.42. The van der Waals surface area contributed by atoms with Gasteiger partial charge in [-0.1, -0.05) is 19.8 Å². The van der Waals surface area contributed by atoms with E-state index < -0.39 is 0 Å². The minimum Gasteiger partial charge on any atom is -0.370 e. The first kappa shape index (κ1) is 11.7. The number of Topliss-reactive ketones (excluding diaryl/α,β-unsaturated/α-hetero) is 1. The van der Waals surface area contributed by atoms with Gasteiger partial charge in [0.2, 0.25) is 0 Å². The SMILES string of the molecule is CCCCCC(=O)C(OCC)C1CC1. The van der Waals surface area contributed by atoms with Crippen LogP contribution in [-0.2, 0) is 9.53 Å². The number of unbranched alkanes of at least 4 members (excludes halogenated alkanes) is 2. The molecule has 1 fully saturated rings. The zero-order valence-electron chi connectivity index (χ0n) is 9.42. The van der Waals surface area contributed by atoms with E-state index in [1.807, 2.05) is 6.92 Å². The van der Waals surface area contributed by atoms with Crippen molar-refractivity contribution in [3.63, 3.8) is 0 Å². The maximum Gasteiger partial charge on any atom is 0.161 e. The van der Waals surface area contributed by atoms with Crippen LogP contribution in [0.1, 0.15) is 52.4 Å². The predicted octanol–water partition coefficient (Wildman–Crippen LogP) is 2.95. The van der Waals surface area contributed by atoms with E-state index >= 15 is 0 Å². The molecule has 2 heteroatoms. The first-order chi connectivity index (χ1) is 6.79. The first-order valence-electron chi connectivity index (χ1n) is 5.93. The predicted molar refractivity (Wildman–Crippen MR) is 57.3 cm³/mol. The topological polar surface area (TPSA) is 26.3 Å². The van der Waals surface area contributed by atoms with Crippen molar-refractivity contribution in [1.29, 1.82) is 0 Å². The van der Waals surface area contributed by atoms with Crippen LogP contribution in [0.5, 0.6) is 0 Å². The van der Waals surface area contributed by atoms with Crippen LogP contribution in [0.25, 0.3) is 0 Å². The molecule has 1 aliphatic rings. The molecule has 0 amide bonds. The van der Waals surface area contributed by atoms with Crippen molar-refractivity contribution < 1.29 is 9.53 Å². The Labute approximate surface area is 87.0 Å². The summed E-state index contributed by atoms with van der Waals surface area (Å²) in [4.78, 5) is 11.8. The van der Waals surface area contributed by atoms with E-state index in [1.165, 1.54) is 19.3 Å². The van der Waals surface area contributed by atoms with E-state index in [9.17, 15) is 4.79 Å². The lowest BCUT2D eigenvalue weighted by Crippen LogP contribution is -2.26. The molecule has 1 aliphatic carbocycles. The molecule has 0 N–H and O–H groups in total. The van der Waals surface area contributed by atoms with Gasteiger partial charge in [0.25, 0.3) is 0 Å². The standard InChI is InChI=1S/C12H22O2/c1-3-5-6-7-11(13)12(14-4-2)10-8-9-10/h10,12H,3-9H2,1-2H3. The van der Waals surface area contributed by atoms with Gasteiger partial charge < -0.3 is 4.74 Å². The molecule has 2 nitrogen and oxygen atoms in total. The maximum absolute atomic E-state index is 11.8. The van der Waals surface area contributed by atoms with Crippen LogP contribution in [0.3, 0.4) is 0 Å². The van der Waals surface area contributed by atoms with Crippen LogP contribution in [0.15, 0.2) is 0 Å². The summed E-state index contributed by atoms with van der Waals surface area (Å²) >= 11 is 0. The minimum atomic E-state index is -0.0724. The quantitative estimate of drug-likeness (QED) is 0.560. The van der Waals surface area contributed by atoms with Crippen molar-refractivity contribution in [2.24, 2.45) is 5.92 Å². The maximum atomic E-state index is 11.8. The number of hydrogen-bond acceptors (Lipinski definition) is 2. The molecule has 0 aliphatic heterocycles. The van der Waals surface area contributed by atoms with Crippen molar-refractivity contribution in [3.05, 3.63) is 0 Å². The fourth-order valence-electron chi connectivity index (χ4n) is 1.76. The summed E-state index contributed by atoms with van der Waals surface area (Å²) in [6.45, 7) is 4.79. The Bertz CT molecular complexity index is 173. The van der Waals surface area contributed by atoms with Crippen LogP contribution in [0.4, 0.5) is 0 Å². The van der Waals surface area contributed by atoms with E-state index in [2.05, 4.69) is 6.92 Å². The largest absolute Gasteiger partial charge is 0.370 e. The van der Waals surface area contributed by atoms with Gasteiger partial charge in [-0.2, -0.15) is 0 Å². The summed E-state index contributed by atoms with van der Waals surface area (Å²) in [5.41, 5.74) is 0. The Balaban J connectivity index is 2.23. The van der Waals surface area contributed by atoms with Crippen LogP contribution < -0.4 is 0 Å². The van der Waals surface area contributed by atoms with E-state index in [4.69, 9.17) is 4.74 Å². The number of carbonyl (C=O) groups is 1. The summed E-state index contributed by atoms with van der Waals surface area (Å²) in [7, 11) is 0. The van der Waals surface area contributed by atoms with Crippen molar-refractivity contribution in [2.45, 2.75) is 58.5 Å². The second kappa shape index (κ2) is 6.18. The molecule has 0 heterocycles. The van der Waals surface area contributed by atoms with Crippen LogP contribution in [0.2, 0.25) is 0 Å². The molecule has 82 valence electrons. The van der Waals surface area contributed by atoms with Crippen molar-refractivity contribution in [1.82, 2.24) is 0 Å². The van der Waals surface area contributed by atoms with Gasteiger partial charge in [-0.15, -0.1) is 0 Å². The third-order valence-corrected chi connectivity index (χ3v) is 2.74. The molecule has 0 saturated heterocycles. The first-order valence-corrected chi connectivity index (χ1v) is 5.93. The van der Waals surface area contributed by atoms with E-state index in [1.54, 1.807) is 0 Å². The second-order valence-electron chi connectivity index (χ2n) is 4.14. The molecule has 1 saturated carbocycles. The Morgan fingerprint density at radius 2 is 2.07 bits per heavy atom. The van der Waals surface area contributed by atoms with Gasteiger partial charge in [0.1, 0.15) is 6.10 Å². The molecule has 0 bridgehead atoms. The van der Waals surface area contributed by atoms with Crippen molar-refractivity contribution in [2.75, 3.05) is 6.61 Å². The third kappa shape index (κ3) is 3.79. The molecule has 1 unspecified atom stereocenters. The summed E-state index contributed by atoms with van der Waals surface area (Å²) in [5, 5.41) is 0. The highest BCUT2D eigenvalue weighted by Crippen LogP contribution is 2.35. The second-order valence-corrected chi connectivity index (χ2v) is 4.14. The lowest BCUT2D eigenvalue weighted by molar-refractivity contribution is -0.131. The summed E-state index contributed by atoms with van der Waals surface area (Å²) in [6.07, 6.45) is 6.39. The Hall–Kier alpha value is -0.370. The monoisotopic (exact) mass is 198 g/mol. The van der Waals surface area contributed by atoms with Gasteiger partial charge in [-0.05, 0) is 32.1 Å². The number of ketones is 1. The molecule has 1 atom stereocenters. The Morgan fingerprint density at radius 1 is 1.36 bits per heavy atom. The Kier molecular flexibility index (Phi) is 5.16. The molecule has 0 aromatic heterocycles. The van der Waals surface area contributed by atoms with E-state index in [0.29, 0.717) is 18.3 Å². The lowest BCUT2D eigenvalue weighted by Gasteiger charge is -2.14. The fraction of sp³-hybridized carbons (Fsp3) is 0.917. The Morgan fingerprint density at radius 3 is 2.57 bits per heavy atom. The third-order valence-electron chi connectivity index (χ3n) is 2.74. The van der Waals surface area contributed by atoms with Crippen LogP contribution in [-0.4, -0.2) is 18.5 Å². The summed E-state index contributed by atoms with van der Waals surface area (Å²) < 4.78 is 5.51. The molecule has 0 radical (unpaired) electrons. The average Bonchev–Trinajstić information content (AvgIpc) is 2.98. The average molecular weight is 198 g/mol. The fourth-order valence-corrected chi connectivity index (χ4v) is 1.76. The van der Waals surface area contributed by atoms with Gasteiger partial charge in [0.15, 0.2) is 5.78 Å². The number of ether oxygens (including phenoxy) is 1. The lowest BCUT2D eigenvalue weighted by atomic mass is 10.0. The van der Waals surface area contributed by atoms with Gasteiger partial charge in [-0.25, -0.2) is 0 Å².